The van der Waals surface area contributed by atoms with Crippen LogP contribution in [0.25, 0.3) is 0 Å². The molecule has 0 aliphatic heterocycles. The van der Waals surface area contributed by atoms with Crippen LogP contribution in [0.4, 0.5) is 4.39 Å². The molecule has 0 spiro atoms. The summed E-state index contributed by atoms with van der Waals surface area (Å²) in [5, 5.41) is 2.93. The molecule has 0 aliphatic rings. The number of rotatable bonds is 6. The highest BCUT2D eigenvalue weighted by atomic mass is 19.1. The van der Waals surface area contributed by atoms with Gasteiger partial charge >= 0.3 is 0 Å². The first-order valence-corrected chi connectivity index (χ1v) is 8.31. The fourth-order valence-electron chi connectivity index (χ4n) is 2.50. The van der Waals surface area contributed by atoms with Gasteiger partial charge in [-0.2, -0.15) is 0 Å². The lowest BCUT2D eigenvalue weighted by Gasteiger charge is -2.15. The van der Waals surface area contributed by atoms with Crippen LogP contribution in [0.15, 0.2) is 72.9 Å². The largest absolute Gasteiger partial charge is 0.488 e. The summed E-state index contributed by atoms with van der Waals surface area (Å²) in [4.78, 5) is 16.9. The maximum Gasteiger partial charge on any atom is 0.255 e. The molecule has 1 amide bonds. The third-order valence-electron chi connectivity index (χ3n) is 3.92. The molecular weight excluding hydrogens is 331 g/mol. The number of carbonyl (C=O) groups excluding carboxylic acids is 1. The van der Waals surface area contributed by atoms with Gasteiger partial charge in [-0.15, -0.1) is 0 Å². The second-order valence-corrected chi connectivity index (χ2v) is 5.86. The van der Waals surface area contributed by atoms with Crippen molar-refractivity contribution in [3.05, 3.63) is 95.6 Å². The first-order chi connectivity index (χ1) is 12.6. The molecule has 2 aromatic carbocycles. The molecule has 0 saturated heterocycles. The van der Waals surface area contributed by atoms with E-state index >= 15 is 0 Å². The summed E-state index contributed by atoms with van der Waals surface area (Å²) < 4.78 is 18.8. The zero-order valence-electron chi connectivity index (χ0n) is 14.4. The van der Waals surface area contributed by atoms with Gasteiger partial charge in [-0.05, 0) is 48.9 Å². The Morgan fingerprint density at radius 3 is 2.54 bits per heavy atom. The molecule has 0 saturated carbocycles. The van der Waals surface area contributed by atoms with Crippen molar-refractivity contribution < 1.29 is 13.9 Å². The van der Waals surface area contributed by atoms with E-state index in [1.54, 1.807) is 42.6 Å². The molecule has 1 aromatic heterocycles. The molecule has 0 aliphatic carbocycles. The van der Waals surface area contributed by atoms with Crippen LogP contribution in [0.5, 0.6) is 5.75 Å². The normalized spacial score (nSPS) is 11.6. The van der Waals surface area contributed by atoms with Gasteiger partial charge in [-0.25, -0.2) is 4.39 Å². The number of nitrogens with one attached hydrogen (secondary N) is 1. The SMILES string of the molecule is CC(NC(=O)c1ccccc1OCc1ccc(F)cc1)c1ccccn1. The van der Waals surface area contributed by atoms with Gasteiger partial charge in [0.25, 0.3) is 5.91 Å². The van der Waals surface area contributed by atoms with Gasteiger partial charge < -0.3 is 10.1 Å². The number of para-hydroxylation sites is 1. The summed E-state index contributed by atoms with van der Waals surface area (Å²) in [6.07, 6.45) is 1.69. The van der Waals surface area contributed by atoms with Crippen LogP contribution >= 0.6 is 0 Å². The molecule has 132 valence electrons. The van der Waals surface area contributed by atoms with Gasteiger partial charge in [0.2, 0.25) is 0 Å². The number of benzene rings is 2. The molecule has 0 bridgehead atoms. The number of ether oxygens (including phenoxy) is 1. The van der Waals surface area contributed by atoms with E-state index in [9.17, 15) is 9.18 Å². The average Bonchev–Trinajstić information content (AvgIpc) is 2.68. The molecule has 3 aromatic rings. The second-order valence-electron chi connectivity index (χ2n) is 5.86. The summed E-state index contributed by atoms with van der Waals surface area (Å²) >= 11 is 0. The van der Waals surface area contributed by atoms with Crippen LogP contribution in [0, 0.1) is 5.82 Å². The number of amides is 1. The van der Waals surface area contributed by atoms with Crippen molar-refractivity contribution in [3.63, 3.8) is 0 Å². The van der Waals surface area contributed by atoms with E-state index in [0.29, 0.717) is 11.3 Å². The Bertz CT molecular complexity index is 867. The highest BCUT2D eigenvalue weighted by Crippen LogP contribution is 2.21. The van der Waals surface area contributed by atoms with Gasteiger partial charge in [0.15, 0.2) is 0 Å². The second kappa shape index (κ2) is 8.25. The van der Waals surface area contributed by atoms with Crippen LogP contribution < -0.4 is 10.1 Å². The minimum absolute atomic E-state index is 0.228. The fourth-order valence-corrected chi connectivity index (χ4v) is 2.50. The molecule has 0 radical (unpaired) electrons. The third-order valence-corrected chi connectivity index (χ3v) is 3.92. The van der Waals surface area contributed by atoms with Crippen molar-refractivity contribution in [2.75, 3.05) is 0 Å². The summed E-state index contributed by atoms with van der Waals surface area (Å²) in [6, 6.07) is 18.5. The molecule has 26 heavy (non-hydrogen) atoms. The van der Waals surface area contributed by atoms with E-state index in [4.69, 9.17) is 4.74 Å². The van der Waals surface area contributed by atoms with Crippen molar-refractivity contribution in [3.8, 4) is 5.75 Å². The number of aromatic nitrogens is 1. The Morgan fingerprint density at radius 2 is 1.81 bits per heavy atom. The summed E-state index contributed by atoms with van der Waals surface area (Å²) in [5.41, 5.74) is 2.05. The van der Waals surface area contributed by atoms with E-state index in [1.165, 1.54) is 12.1 Å². The maximum atomic E-state index is 13.0. The third kappa shape index (κ3) is 4.45. The average molecular weight is 350 g/mol. The van der Waals surface area contributed by atoms with Crippen molar-refractivity contribution in [2.45, 2.75) is 19.6 Å². The van der Waals surface area contributed by atoms with E-state index in [1.807, 2.05) is 25.1 Å². The highest BCUT2D eigenvalue weighted by molar-refractivity contribution is 5.97. The zero-order valence-corrected chi connectivity index (χ0v) is 14.4. The molecular formula is C21H19FN2O2. The zero-order chi connectivity index (χ0) is 18.4. The van der Waals surface area contributed by atoms with Crippen LogP contribution in [-0.4, -0.2) is 10.9 Å². The number of hydrogen-bond acceptors (Lipinski definition) is 3. The first kappa shape index (κ1) is 17.6. The van der Waals surface area contributed by atoms with E-state index in [-0.39, 0.29) is 24.4 Å². The fraction of sp³-hybridized carbons (Fsp3) is 0.143. The Labute approximate surface area is 151 Å². The van der Waals surface area contributed by atoms with Crippen LogP contribution in [0.2, 0.25) is 0 Å². The molecule has 1 atom stereocenters. The van der Waals surface area contributed by atoms with Crippen LogP contribution in [0.1, 0.15) is 34.6 Å². The van der Waals surface area contributed by atoms with Gasteiger partial charge in [-0.1, -0.05) is 30.3 Å². The number of carbonyl (C=O) groups is 1. The van der Waals surface area contributed by atoms with Gasteiger partial charge in [-0.3, -0.25) is 9.78 Å². The molecule has 5 heteroatoms. The molecule has 1 N–H and O–H groups in total. The Hall–Kier alpha value is -3.21. The molecule has 4 nitrogen and oxygen atoms in total. The number of hydrogen-bond donors (Lipinski definition) is 1. The number of pyridine rings is 1. The monoisotopic (exact) mass is 350 g/mol. The number of nitrogens with zero attached hydrogens (tertiary/aromatic N) is 1. The standard InChI is InChI=1S/C21H19FN2O2/c1-15(19-7-4-5-13-23-19)24-21(25)18-6-2-3-8-20(18)26-14-16-9-11-17(22)12-10-16/h2-13,15H,14H2,1H3,(H,24,25). The molecule has 1 unspecified atom stereocenters. The number of halogens is 1. The van der Waals surface area contributed by atoms with Gasteiger partial charge in [0, 0.05) is 6.20 Å². The summed E-state index contributed by atoms with van der Waals surface area (Å²) in [7, 11) is 0. The lowest BCUT2D eigenvalue weighted by Crippen LogP contribution is -2.27. The first-order valence-electron chi connectivity index (χ1n) is 8.31. The van der Waals surface area contributed by atoms with Gasteiger partial charge in [0.05, 0.1) is 17.3 Å². The van der Waals surface area contributed by atoms with Crippen molar-refractivity contribution in [1.82, 2.24) is 10.3 Å². The smallest absolute Gasteiger partial charge is 0.255 e. The van der Waals surface area contributed by atoms with E-state index in [2.05, 4.69) is 10.3 Å². The Morgan fingerprint density at radius 1 is 1.08 bits per heavy atom. The summed E-state index contributed by atoms with van der Waals surface area (Å²) in [6.45, 7) is 2.13. The lowest BCUT2D eigenvalue weighted by molar-refractivity contribution is 0.0934. The maximum absolute atomic E-state index is 13.0. The Balaban J connectivity index is 1.69. The predicted molar refractivity (Wildman–Crippen MR) is 97.3 cm³/mol. The Kier molecular flexibility index (Phi) is 5.59. The van der Waals surface area contributed by atoms with E-state index in [0.717, 1.165) is 11.3 Å². The van der Waals surface area contributed by atoms with Gasteiger partial charge in [0.1, 0.15) is 18.2 Å². The minimum Gasteiger partial charge on any atom is -0.488 e. The van der Waals surface area contributed by atoms with Crippen molar-refractivity contribution >= 4 is 5.91 Å². The molecule has 3 rings (SSSR count). The quantitative estimate of drug-likeness (QED) is 0.721. The van der Waals surface area contributed by atoms with Crippen molar-refractivity contribution in [2.24, 2.45) is 0 Å². The van der Waals surface area contributed by atoms with Crippen LogP contribution in [-0.2, 0) is 6.61 Å². The van der Waals surface area contributed by atoms with E-state index < -0.39 is 0 Å². The lowest BCUT2D eigenvalue weighted by atomic mass is 10.1. The summed E-state index contributed by atoms with van der Waals surface area (Å²) in [5.74, 6) is -0.0579. The molecule has 0 fully saturated rings. The topological polar surface area (TPSA) is 51.2 Å². The molecule has 1 heterocycles. The minimum atomic E-state index is -0.294. The van der Waals surface area contributed by atoms with Crippen LogP contribution in [0.3, 0.4) is 0 Å². The van der Waals surface area contributed by atoms with Crippen molar-refractivity contribution in [1.29, 1.82) is 0 Å². The highest BCUT2D eigenvalue weighted by Gasteiger charge is 2.16. The predicted octanol–water partition coefficient (Wildman–Crippen LogP) is 4.29.